The Morgan fingerprint density at radius 1 is 1.06 bits per heavy atom. The van der Waals surface area contributed by atoms with Crippen molar-refractivity contribution < 1.29 is 14.0 Å². The van der Waals surface area contributed by atoms with E-state index in [2.05, 4.69) is 5.32 Å². The predicted octanol–water partition coefficient (Wildman–Crippen LogP) is 5.11. The van der Waals surface area contributed by atoms with E-state index >= 15 is 0 Å². The summed E-state index contributed by atoms with van der Waals surface area (Å²) in [5.41, 5.74) is 2.90. The third kappa shape index (κ3) is 3.42. The van der Waals surface area contributed by atoms with Crippen LogP contribution >= 0.6 is 0 Å². The van der Waals surface area contributed by atoms with Crippen LogP contribution in [0, 0.1) is 13.8 Å². The van der Waals surface area contributed by atoms with E-state index in [0.29, 0.717) is 17.8 Å². The van der Waals surface area contributed by atoms with Crippen LogP contribution < -0.4 is 10.2 Å². The number of aromatic nitrogens is 1. The van der Waals surface area contributed by atoms with Crippen molar-refractivity contribution in [3.63, 3.8) is 0 Å². The lowest BCUT2D eigenvalue weighted by atomic mass is 9.92. The molecule has 168 valence electrons. The van der Waals surface area contributed by atoms with E-state index in [1.54, 1.807) is 11.0 Å². The van der Waals surface area contributed by atoms with Crippen molar-refractivity contribution in [1.82, 2.24) is 9.88 Å². The minimum atomic E-state index is -1.05. The van der Waals surface area contributed by atoms with Crippen molar-refractivity contribution in [3.05, 3.63) is 53.4 Å². The lowest BCUT2D eigenvalue weighted by molar-refractivity contribution is -0.127. The summed E-state index contributed by atoms with van der Waals surface area (Å²) in [6, 6.07) is 11.7. The van der Waals surface area contributed by atoms with Crippen LogP contribution in [0.4, 0.5) is 5.69 Å². The number of benzene rings is 1. The van der Waals surface area contributed by atoms with Crippen LogP contribution in [0.2, 0.25) is 0 Å². The molecule has 2 aliphatic rings. The number of fused-ring (bicyclic) bond motifs is 3. The maximum Gasteiger partial charge on any atom is 0.276 e. The number of rotatable bonds is 3. The number of hydrogen-bond donors (Lipinski definition) is 1. The van der Waals surface area contributed by atoms with Gasteiger partial charge in [0.05, 0.1) is 12.1 Å². The lowest BCUT2D eigenvalue weighted by Crippen LogP contribution is -2.65. The first-order valence-corrected chi connectivity index (χ1v) is 11.7. The largest absolute Gasteiger partial charge is 0.460 e. The zero-order chi connectivity index (χ0) is 22.5. The van der Waals surface area contributed by atoms with Crippen LogP contribution in [0.25, 0.3) is 11.1 Å². The fraction of sp³-hybridized carbons (Fsp3) is 0.462. The van der Waals surface area contributed by atoms with E-state index in [4.69, 9.17) is 4.42 Å². The van der Waals surface area contributed by atoms with E-state index in [0.717, 1.165) is 48.2 Å². The van der Waals surface area contributed by atoms with Gasteiger partial charge in [-0.3, -0.25) is 14.5 Å². The summed E-state index contributed by atoms with van der Waals surface area (Å²) in [5, 5.41) is 3.31. The van der Waals surface area contributed by atoms with Crippen molar-refractivity contribution >= 4 is 28.6 Å². The van der Waals surface area contributed by atoms with E-state index in [9.17, 15) is 9.59 Å². The molecule has 1 aromatic carbocycles. The highest BCUT2D eigenvalue weighted by Gasteiger charge is 2.49. The number of nitrogens with one attached hydrogen (secondary N) is 1. The van der Waals surface area contributed by atoms with Gasteiger partial charge in [0.1, 0.15) is 17.0 Å². The molecule has 3 heterocycles. The van der Waals surface area contributed by atoms with Gasteiger partial charge in [0.2, 0.25) is 5.91 Å². The smallest absolute Gasteiger partial charge is 0.276 e. The molecule has 1 atom stereocenters. The van der Waals surface area contributed by atoms with Crippen molar-refractivity contribution in [2.75, 3.05) is 4.90 Å². The highest BCUT2D eigenvalue weighted by Crippen LogP contribution is 2.37. The minimum absolute atomic E-state index is 0.0916. The molecule has 1 saturated carbocycles. The van der Waals surface area contributed by atoms with Crippen molar-refractivity contribution in [2.24, 2.45) is 0 Å². The van der Waals surface area contributed by atoms with Gasteiger partial charge in [0, 0.05) is 23.9 Å². The van der Waals surface area contributed by atoms with Gasteiger partial charge in [0.15, 0.2) is 5.58 Å². The zero-order valence-corrected chi connectivity index (χ0v) is 19.1. The lowest BCUT2D eigenvalue weighted by Gasteiger charge is -2.44. The predicted molar refractivity (Wildman–Crippen MR) is 125 cm³/mol. The molecule has 0 spiro atoms. The summed E-state index contributed by atoms with van der Waals surface area (Å²) in [6.45, 7) is 6.18. The Kier molecular flexibility index (Phi) is 5.11. The van der Waals surface area contributed by atoms with E-state index < -0.39 is 5.54 Å². The van der Waals surface area contributed by atoms with E-state index in [1.807, 2.05) is 55.7 Å². The van der Waals surface area contributed by atoms with Crippen LogP contribution in [0.1, 0.15) is 67.3 Å². The van der Waals surface area contributed by atoms with Crippen LogP contribution in [0.15, 0.2) is 40.8 Å². The molecule has 6 heteroatoms. The summed E-state index contributed by atoms with van der Waals surface area (Å²) in [5.74, 6) is 0.525. The van der Waals surface area contributed by atoms with Gasteiger partial charge in [-0.25, -0.2) is 0 Å². The molecule has 0 radical (unpaired) electrons. The SMILES string of the molecule is Cc1ccc(N2C(=O)c3cc4oc(C)cc4n3C[C@]2(C)C(=O)NC2CCCCCC2)cc1. The third-order valence-corrected chi connectivity index (χ3v) is 7.07. The monoisotopic (exact) mass is 433 g/mol. The molecule has 1 aliphatic heterocycles. The zero-order valence-electron chi connectivity index (χ0n) is 19.1. The van der Waals surface area contributed by atoms with Gasteiger partial charge in [-0.05, 0) is 45.7 Å². The molecule has 0 saturated heterocycles. The molecule has 5 rings (SSSR count). The summed E-state index contributed by atoms with van der Waals surface area (Å²) >= 11 is 0. The second-order valence-electron chi connectivity index (χ2n) is 9.63. The maximum atomic E-state index is 13.8. The topological polar surface area (TPSA) is 67.5 Å². The van der Waals surface area contributed by atoms with E-state index in [1.165, 1.54) is 12.8 Å². The Morgan fingerprint density at radius 2 is 1.75 bits per heavy atom. The fourth-order valence-corrected chi connectivity index (χ4v) is 5.26. The summed E-state index contributed by atoms with van der Waals surface area (Å²) in [6.07, 6.45) is 6.72. The number of furan rings is 1. The number of hydrogen-bond acceptors (Lipinski definition) is 3. The molecule has 1 N–H and O–H groups in total. The number of carbonyl (C=O) groups excluding carboxylic acids is 2. The Bertz CT molecular complexity index is 1170. The second kappa shape index (κ2) is 7.84. The average Bonchev–Trinajstić information content (AvgIpc) is 3.15. The van der Waals surface area contributed by atoms with Crippen LogP contribution in [-0.2, 0) is 11.3 Å². The Hall–Kier alpha value is -3.02. The van der Waals surface area contributed by atoms with Crippen molar-refractivity contribution in [3.8, 4) is 0 Å². The first-order valence-electron chi connectivity index (χ1n) is 11.7. The third-order valence-electron chi connectivity index (χ3n) is 7.07. The quantitative estimate of drug-likeness (QED) is 0.584. The number of nitrogens with zero attached hydrogens (tertiary/aromatic N) is 2. The average molecular weight is 434 g/mol. The number of carbonyl (C=O) groups is 2. The Morgan fingerprint density at radius 3 is 2.44 bits per heavy atom. The van der Waals surface area contributed by atoms with E-state index in [-0.39, 0.29) is 17.9 Å². The molecule has 1 fully saturated rings. The highest BCUT2D eigenvalue weighted by atomic mass is 16.3. The summed E-state index contributed by atoms with van der Waals surface area (Å²) < 4.78 is 7.75. The van der Waals surface area contributed by atoms with Gasteiger partial charge in [-0.2, -0.15) is 0 Å². The molecular formula is C26H31N3O3. The van der Waals surface area contributed by atoms with Gasteiger partial charge in [0.25, 0.3) is 5.91 Å². The standard InChI is InChI=1S/C26H31N3O3/c1-17-10-12-20(13-11-17)29-24(30)22-15-23-21(14-18(2)32-23)28(22)16-26(29,3)25(31)27-19-8-6-4-5-7-9-19/h10-15,19H,4-9,16H2,1-3H3,(H,27,31)/t26-/m1/s1. The van der Waals surface area contributed by atoms with Gasteiger partial charge < -0.3 is 14.3 Å². The molecule has 2 aromatic heterocycles. The van der Waals surface area contributed by atoms with Gasteiger partial charge in [-0.1, -0.05) is 43.4 Å². The molecule has 1 aliphatic carbocycles. The van der Waals surface area contributed by atoms with Crippen LogP contribution in [-0.4, -0.2) is 28.0 Å². The molecule has 3 aromatic rings. The van der Waals surface area contributed by atoms with Crippen molar-refractivity contribution in [1.29, 1.82) is 0 Å². The molecule has 32 heavy (non-hydrogen) atoms. The fourth-order valence-electron chi connectivity index (χ4n) is 5.26. The molecule has 0 unspecified atom stereocenters. The number of amides is 2. The minimum Gasteiger partial charge on any atom is -0.460 e. The molecule has 0 bridgehead atoms. The summed E-state index contributed by atoms with van der Waals surface area (Å²) in [7, 11) is 0. The van der Waals surface area contributed by atoms with Crippen LogP contribution in [0.3, 0.4) is 0 Å². The number of aryl methyl sites for hydroxylation is 2. The molecular weight excluding hydrogens is 402 g/mol. The molecule has 6 nitrogen and oxygen atoms in total. The van der Waals surface area contributed by atoms with Gasteiger partial charge in [-0.15, -0.1) is 0 Å². The molecule has 2 amide bonds. The summed E-state index contributed by atoms with van der Waals surface area (Å²) in [4.78, 5) is 29.3. The highest BCUT2D eigenvalue weighted by molar-refractivity contribution is 6.13. The first kappa shape index (κ1) is 20.9. The normalized spacial score (nSPS) is 22.1. The van der Waals surface area contributed by atoms with Crippen LogP contribution in [0.5, 0.6) is 0 Å². The first-order chi connectivity index (χ1) is 15.4. The Balaban J connectivity index is 1.58. The Labute approximate surface area is 188 Å². The van der Waals surface area contributed by atoms with Crippen molar-refractivity contribution in [2.45, 2.75) is 77.4 Å². The number of anilines is 1. The van der Waals surface area contributed by atoms with Gasteiger partial charge >= 0.3 is 0 Å². The second-order valence-corrected chi connectivity index (χ2v) is 9.63. The maximum absolute atomic E-state index is 13.8.